The van der Waals surface area contributed by atoms with Crippen LogP contribution in [0, 0.1) is 0 Å². The maximum atomic E-state index is 13.3. The number of carbonyl (C=O) groups excluding carboxylic acids is 1. The molecule has 28 heavy (non-hydrogen) atoms. The van der Waals surface area contributed by atoms with Gasteiger partial charge < -0.3 is 9.64 Å². The number of amides is 1. The number of thiazole rings is 1. The number of fused-ring (bicyclic) bond motifs is 1. The van der Waals surface area contributed by atoms with Gasteiger partial charge in [0.1, 0.15) is 13.1 Å². The maximum absolute atomic E-state index is 13.3. The zero-order valence-corrected chi connectivity index (χ0v) is 17.5. The zero-order valence-electron chi connectivity index (χ0n) is 15.9. The van der Waals surface area contributed by atoms with E-state index in [1.165, 1.54) is 4.90 Å². The van der Waals surface area contributed by atoms with Gasteiger partial charge >= 0.3 is 0 Å². The lowest BCUT2D eigenvalue weighted by atomic mass is 10.2. The molecular weight excluding hydrogens is 390 g/mol. The second-order valence-electron chi connectivity index (χ2n) is 6.74. The van der Waals surface area contributed by atoms with Crippen LogP contribution >= 0.6 is 23.1 Å². The third kappa shape index (κ3) is 4.22. The number of ether oxygens (including phenoxy) is 1. The largest absolute Gasteiger partial charge is 0.370 e. The number of carbonyl (C=O) groups is 1. The minimum atomic E-state index is 0.0121. The van der Waals surface area contributed by atoms with Crippen molar-refractivity contribution in [1.82, 2.24) is 4.98 Å². The number of morpholine rings is 1. The average Bonchev–Trinajstić information content (AvgIpc) is 3.19. The van der Waals surface area contributed by atoms with Crippen LogP contribution in [0.4, 0.5) is 5.13 Å². The van der Waals surface area contributed by atoms with Crippen LogP contribution in [0.3, 0.4) is 0 Å². The molecule has 146 valence electrons. The first kappa shape index (κ1) is 19.4. The van der Waals surface area contributed by atoms with Crippen molar-refractivity contribution in [2.75, 3.05) is 50.5 Å². The van der Waals surface area contributed by atoms with Gasteiger partial charge in [-0.3, -0.25) is 9.69 Å². The normalized spacial score (nSPS) is 15.0. The summed E-state index contributed by atoms with van der Waals surface area (Å²) in [6.45, 7) is 5.11. The van der Waals surface area contributed by atoms with Crippen LogP contribution in [0.1, 0.15) is 10.4 Å². The van der Waals surface area contributed by atoms with Crippen LogP contribution in [0.15, 0.2) is 53.4 Å². The van der Waals surface area contributed by atoms with Crippen molar-refractivity contribution in [3.63, 3.8) is 0 Å². The number of benzene rings is 2. The van der Waals surface area contributed by atoms with E-state index in [4.69, 9.17) is 9.72 Å². The van der Waals surface area contributed by atoms with Gasteiger partial charge in [-0.1, -0.05) is 35.6 Å². The Bertz CT molecular complexity index is 939. The van der Waals surface area contributed by atoms with Crippen molar-refractivity contribution >= 4 is 44.4 Å². The van der Waals surface area contributed by atoms with Gasteiger partial charge in [0.05, 0.1) is 36.5 Å². The van der Waals surface area contributed by atoms with Crippen molar-refractivity contribution in [3.05, 3.63) is 54.1 Å². The molecule has 4 rings (SSSR count). The highest BCUT2D eigenvalue weighted by Gasteiger charge is 2.24. The van der Waals surface area contributed by atoms with Crippen molar-refractivity contribution < 1.29 is 14.4 Å². The molecule has 0 unspecified atom stereocenters. The van der Waals surface area contributed by atoms with Gasteiger partial charge in [-0.15, -0.1) is 11.8 Å². The molecule has 0 radical (unpaired) electrons. The van der Waals surface area contributed by atoms with Gasteiger partial charge in [0.15, 0.2) is 5.13 Å². The monoisotopic (exact) mass is 414 g/mol. The molecule has 1 aliphatic heterocycles. The van der Waals surface area contributed by atoms with Crippen LogP contribution in [0.25, 0.3) is 10.2 Å². The lowest BCUT2D eigenvalue weighted by Crippen LogP contribution is -3.14. The summed E-state index contributed by atoms with van der Waals surface area (Å²) >= 11 is 3.28. The topological polar surface area (TPSA) is 46.9 Å². The summed E-state index contributed by atoms with van der Waals surface area (Å²) in [4.78, 5) is 22.6. The summed E-state index contributed by atoms with van der Waals surface area (Å²) in [5, 5.41) is 0.776. The number of nitrogens with one attached hydrogen (secondary N) is 1. The average molecular weight is 415 g/mol. The zero-order chi connectivity index (χ0) is 19.3. The Hall–Kier alpha value is -1.93. The highest BCUT2D eigenvalue weighted by atomic mass is 32.2. The molecule has 0 bridgehead atoms. The summed E-state index contributed by atoms with van der Waals surface area (Å²) in [5.41, 5.74) is 1.68. The lowest BCUT2D eigenvalue weighted by Gasteiger charge is -2.26. The van der Waals surface area contributed by atoms with E-state index < -0.39 is 0 Å². The van der Waals surface area contributed by atoms with E-state index in [0.29, 0.717) is 12.1 Å². The molecular formula is C21H24N3O2S2+. The molecule has 1 N–H and O–H groups in total. The number of thioether (sulfide) groups is 1. The molecule has 0 spiro atoms. The van der Waals surface area contributed by atoms with Gasteiger partial charge in [-0.05, 0) is 30.5 Å². The highest BCUT2D eigenvalue weighted by Crippen LogP contribution is 2.34. The number of anilines is 1. The Morgan fingerprint density at radius 1 is 1.18 bits per heavy atom. The third-order valence-electron chi connectivity index (χ3n) is 4.98. The van der Waals surface area contributed by atoms with Gasteiger partial charge in [0.25, 0.3) is 5.91 Å². The number of hydrogen-bond donors (Lipinski definition) is 1. The van der Waals surface area contributed by atoms with E-state index in [-0.39, 0.29) is 5.91 Å². The second kappa shape index (κ2) is 9.05. The van der Waals surface area contributed by atoms with Crippen LogP contribution in [0.5, 0.6) is 0 Å². The Balaban J connectivity index is 1.64. The molecule has 0 saturated carbocycles. The number of nitrogens with zero attached hydrogens (tertiary/aromatic N) is 2. The van der Waals surface area contributed by atoms with Gasteiger partial charge in [-0.2, -0.15) is 0 Å². The van der Waals surface area contributed by atoms with Crippen LogP contribution in [-0.2, 0) is 4.74 Å². The van der Waals surface area contributed by atoms with Gasteiger partial charge in [-0.25, -0.2) is 4.98 Å². The Kier molecular flexibility index (Phi) is 6.26. The molecule has 2 heterocycles. The molecule has 0 aliphatic carbocycles. The number of rotatable bonds is 6. The SMILES string of the molecule is CSc1cccc2sc(N(CC[NH+]3CCOCC3)C(=O)c3ccccc3)nc12. The first-order chi connectivity index (χ1) is 13.8. The quantitative estimate of drug-likeness (QED) is 0.630. The number of aromatic nitrogens is 1. The minimum absolute atomic E-state index is 0.0121. The molecule has 7 heteroatoms. The molecule has 3 aromatic rings. The number of hydrogen-bond acceptors (Lipinski definition) is 5. The fourth-order valence-electron chi connectivity index (χ4n) is 3.39. The summed E-state index contributed by atoms with van der Waals surface area (Å²) < 4.78 is 6.58. The van der Waals surface area contributed by atoms with E-state index in [9.17, 15) is 4.79 Å². The number of quaternary nitrogens is 1. The fourth-order valence-corrected chi connectivity index (χ4v) is 5.04. The predicted molar refractivity (Wildman–Crippen MR) is 116 cm³/mol. The van der Waals surface area contributed by atoms with Crippen LogP contribution < -0.4 is 9.80 Å². The summed E-state index contributed by atoms with van der Waals surface area (Å²) in [5.74, 6) is 0.0121. The van der Waals surface area contributed by atoms with Crippen molar-refractivity contribution in [2.24, 2.45) is 0 Å². The molecule has 1 amide bonds. The lowest BCUT2D eigenvalue weighted by molar-refractivity contribution is -0.906. The van der Waals surface area contributed by atoms with E-state index in [2.05, 4.69) is 24.5 Å². The van der Waals surface area contributed by atoms with Crippen molar-refractivity contribution in [3.8, 4) is 0 Å². The van der Waals surface area contributed by atoms with E-state index >= 15 is 0 Å². The first-order valence-corrected chi connectivity index (χ1v) is 11.5. The van der Waals surface area contributed by atoms with Crippen LogP contribution in [0.2, 0.25) is 0 Å². The molecule has 1 fully saturated rings. The first-order valence-electron chi connectivity index (χ1n) is 9.48. The number of para-hydroxylation sites is 1. The van der Waals surface area contributed by atoms with Crippen molar-refractivity contribution in [1.29, 1.82) is 0 Å². The highest BCUT2D eigenvalue weighted by molar-refractivity contribution is 7.98. The van der Waals surface area contributed by atoms with E-state index in [0.717, 1.165) is 53.1 Å². The van der Waals surface area contributed by atoms with E-state index in [1.807, 2.05) is 35.2 Å². The summed E-state index contributed by atoms with van der Waals surface area (Å²) in [7, 11) is 0. The smallest absolute Gasteiger partial charge is 0.260 e. The Morgan fingerprint density at radius 3 is 2.71 bits per heavy atom. The second-order valence-corrected chi connectivity index (χ2v) is 8.60. The molecule has 2 aromatic carbocycles. The van der Waals surface area contributed by atoms with Crippen LogP contribution in [-0.4, -0.2) is 56.5 Å². The molecule has 1 saturated heterocycles. The summed E-state index contributed by atoms with van der Waals surface area (Å²) in [6, 6.07) is 15.7. The maximum Gasteiger partial charge on any atom is 0.260 e. The molecule has 1 aliphatic rings. The third-order valence-corrected chi connectivity index (χ3v) is 6.79. The molecule has 0 atom stereocenters. The fraction of sp³-hybridized carbons (Fsp3) is 0.333. The van der Waals surface area contributed by atoms with Crippen molar-refractivity contribution in [2.45, 2.75) is 4.90 Å². The Morgan fingerprint density at radius 2 is 1.96 bits per heavy atom. The van der Waals surface area contributed by atoms with Gasteiger partial charge in [0.2, 0.25) is 0 Å². The van der Waals surface area contributed by atoms with E-state index in [1.54, 1.807) is 23.1 Å². The summed E-state index contributed by atoms with van der Waals surface area (Å²) in [6.07, 6.45) is 2.06. The Labute approximate surface area is 173 Å². The molecule has 5 nitrogen and oxygen atoms in total. The van der Waals surface area contributed by atoms with Gasteiger partial charge in [0, 0.05) is 10.5 Å². The predicted octanol–water partition coefficient (Wildman–Crippen LogP) is 2.58. The minimum Gasteiger partial charge on any atom is -0.370 e. The standard InChI is InChI=1S/C21H23N3O2S2/c1-27-17-8-5-9-18-19(17)22-21(28-18)24(11-10-23-12-14-26-15-13-23)20(25)16-6-3-2-4-7-16/h2-9H,10-15H2,1H3/p+1. The molecule has 1 aromatic heterocycles.